The summed E-state index contributed by atoms with van der Waals surface area (Å²) in [6.45, 7) is 5.35. The van der Waals surface area contributed by atoms with E-state index in [1.54, 1.807) is 19.1 Å². The zero-order valence-electron chi connectivity index (χ0n) is 13.4. The molecule has 2 rings (SSSR count). The normalized spacial score (nSPS) is 17.5. The number of rotatable bonds is 7. The van der Waals surface area contributed by atoms with Crippen molar-refractivity contribution in [3.05, 3.63) is 30.3 Å². The molecule has 0 fully saturated rings. The number of nitrogens with one attached hydrogen (secondary N) is 2. The maximum absolute atomic E-state index is 12.2. The molecular weight excluding hydrogens is 296 g/mol. The summed E-state index contributed by atoms with van der Waals surface area (Å²) in [4.78, 5) is 28.5. The van der Waals surface area contributed by atoms with Crippen LogP contribution in [-0.2, 0) is 14.3 Å². The van der Waals surface area contributed by atoms with Crippen LogP contribution in [0.2, 0.25) is 0 Å². The molecular formula is C16H22N4O3. The lowest BCUT2D eigenvalue weighted by Gasteiger charge is -2.30. The number of nitrogens with zero attached hydrogens (tertiary/aromatic N) is 2. The lowest BCUT2D eigenvalue weighted by molar-refractivity contribution is -0.120. The Morgan fingerprint density at radius 1 is 1.39 bits per heavy atom. The maximum Gasteiger partial charge on any atom is 0.288 e. The van der Waals surface area contributed by atoms with Crippen molar-refractivity contribution in [1.29, 1.82) is 0 Å². The molecule has 0 aliphatic carbocycles. The second-order valence-electron chi connectivity index (χ2n) is 5.08. The minimum Gasteiger partial charge on any atom is -0.382 e. The van der Waals surface area contributed by atoms with Crippen LogP contribution >= 0.6 is 0 Å². The predicted octanol–water partition coefficient (Wildman–Crippen LogP) is 0.868. The summed E-state index contributed by atoms with van der Waals surface area (Å²) in [5.41, 5.74) is 3.46. The molecule has 1 aromatic carbocycles. The number of aliphatic imine (C=N–C) groups is 1. The van der Waals surface area contributed by atoms with Crippen LogP contribution in [-0.4, -0.2) is 43.5 Å². The van der Waals surface area contributed by atoms with Gasteiger partial charge in [0.05, 0.1) is 5.69 Å². The number of ether oxygens (including phenoxy) is 1. The van der Waals surface area contributed by atoms with Gasteiger partial charge in [-0.05, 0) is 32.4 Å². The van der Waals surface area contributed by atoms with Crippen LogP contribution in [0.3, 0.4) is 0 Å². The Morgan fingerprint density at radius 3 is 2.83 bits per heavy atom. The zero-order chi connectivity index (χ0) is 16.7. The van der Waals surface area contributed by atoms with Crippen LogP contribution in [0, 0.1) is 0 Å². The fraction of sp³-hybridized carbons (Fsp3) is 0.438. The molecule has 0 radical (unpaired) electrons. The largest absolute Gasteiger partial charge is 0.382 e. The summed E-state index contributed by atoms with van der Waals surface area (Å²) < 4.78 is 5.22. The van der Waals surface area contributed by atoms with E-state index >= 15 is 0 Å². The van der Waals surface area contributed by atoms with E-state index in [2.05, 4.69) is 15.7 Å². The first-order valence-electron chi connectivity index (χ1n) is 7.73. The monoisotopic (exact) mass is 318 g/mol. The molecule has 7 nitrogen and oxygen atoms in total. The molecule has 1 heterocycles. The second-order valence-corrected chi connectivity index (χ2v) is 5.08. The van der Waals surface area contributed by atoms with Crippen molar-refractivity contribution < 1.29 is 14.3 Å². The summed E-state index contributed by atoms with van der Waals surface area (Å²) in [7, 11) is 0. The molecule has 2 N–H and O–H groups in total. The smallest absolute Gasteiger partial charge is 0.288 e. The van der Waals surface area contributed by atoms with E-state index in [0.717, 1.165) is 6.42 Å². The Balaban J connectivity index is 1.98. The number of anilines is 1. The number of carbonyl (C=O) groups excluding carboxylic acids is 2. The summed E-state index contributed by atoms with van der Waals surface area (Å²) >= 11 is 0. The van der Waals surface area contributed by atoms with Gasteiger partial charge in [-0.1, -0.05) is 18.2 Å². The van der Waals surface area contributed by atoms with Gasteiger partial charge in [0, 0.05) is 19.8 Å². The first-order valence-corrected chi connectivity index (χ1v) is 7.73. The van der Waals surface area contributed by atoms with Crippen LogP contribution in [0.15, 0.2) is 35.3 Å². The molecule has 1 atom stereocenters. The average molecular weight is 318 g/mol. The molecule has 1 unspecified atom stereocenters. The topological polar surface area (TPSA) is 83.0 Å². The third-order valence-corrected chi connectivity index (χ3v) is 3.30. The number of benzene rings is 1. The van der Waals surface area contributed by atoms with Gasteiger partial charge >= 0.3 is 0 Å². The Hall–Kier alpha value is -2.41. The van der Waals surface area contributed by atoms with Crippen molar-refractivity contribution in [2.75, 3.05) is 24.8 Å². The first kappa shape index (κ1) is 17.0. The molecule has 0 spiro atoms. The van der Waals surface area contributed by atoms with Crippen LogP contribution < -0.4 is 15.8 Å². The van der Waals surface area contributed by atoms with Gasteiger partial charge in [-0.25, -0.2) is 10.0 Å². The molecule has 2 amide bonds. The number of hydrogen-bond donors (Lipinski definition) is 2. The average Bonchev–Trinajstić information content (AvgIpc) is 2.57. The highest BCUT2D eigenvalue weighted by Crippen LogP contribution is 2.15. The number of hydrazine groups is 1. The van der Waals surface area contributed by atoms with E-state index in [4.69, 9.17) is 4.74 Å². The highest BCUT2D eigenvalue weighted by molar-refractivity contribution is 6.39. The molecule has 1 aliphatic heterocycles. The van der Waals surface area contributed by atoms with Crippen LogP contribution in [0.1, 0.15) is 20.3 Å². The Labute approximate surface area is 135 Å². The standard InChI is InChI=1S/C16H22N4O3/c1-3-23-11-7-10-17-15(21)14-18-12(2)16(22)20(19-14)13-8-5-4-6-9-13/h4-6,8-9,12H,3,7,10-11H2,1-2H3,(H,17,21)(H,18,19). The molecule has 0 saturated carbocycles. The minimum absolute atomic E-state index is 0.136. The van der Waals surface area contributed by atoms with E-state index in [9.17, 15) is 9.59 Å². The summed E-state index contributed by atoms with van der Waals surface area (Å²) in [5.74, 6) is -0.400. The summed E-state index contributed by atoms with van der Waals surface area (Å²) in [6.07, 6.45) is 0.726. The predicted molar refractivity (Wildman–Crippen MR) is 88.1 cm³/mol. The number of amides is 2. The first-order chi connectivity index (χ1) is 11.1. The van der Waals surface area contributed by atoms with E-state index in [1.807, 2.05) is 25.1 Å². The Bertz CT molecular complexity index is 574. The second kappa shape index (κ2) is 8.28. The van der Waals surface area contributed by atoms with Crippen molar-refractivity contribution >= 4 is 23.3 Å². The molecule has 124 valence electrons. The van der Waals surface area contributed by atoms with Gasteiger partial charge < -0.3 is 10.1 Å². The number of para-hydroxylation sites is 1. The quantitative estimate of drug-likeness (QED) is 0.731. The molecule has 7 heteroatoms. The molecule has 0 saturated heterocycles. The Kier molecular flexibility index (Phi) is 6.10. The van der Waals surface area contributed by atoms with E-state index in [0.29, 0.717) is 25.4 Å². The van der Waals surface area contributed by atoms with Gasteiger partial charge in [-0.3, -0.25) is 15.0 Å². The zero-order valence-corrected chi connectivity index (χ0v) is 13.4. The number of hydrogen-bond acceptors (Lipinski definition) is 5. The minimum atomic E-state index is -0.611. The van der Waals surface area contributed by atoms with Crippen molar-refractivity contribution in [2.45, 2.75) is 26.3 Å². The number of carbonyl (C=O) groups is 2. The van der Waals surface area contributed by atoms with Gasteiger partial charge in [-0.15, -0.1) is 0 Å². The molecule has 0 aromatic heterocycles. The Morgan fingerprint density at radius 2 is 2.13 bits per heavy atom. The van der Waals surface area contributed by atoms with Gasteiger partial charge in [0.2, 0.25) is 5.84 Å². The summed E-state index contributed by atoms with van der Waals surface area (Å²) in [5, 5.41) is 4.12. The van der Waals surface area contributed by atoms with Crippen molar-refractivity contribution in [2.24, 2.45) is 4.99 Å². The van der Waals surface area contributed by atoms with E-state index in [1.165, 1.54) is 5.01 Å². The van der Waals surface area contributed by atoms with Gasteiger partial charge in [-0.2, -0.15) is 0 Å². The lowest BCUT2D eigenvalue weighted by Crippen LogP contribution is -2.58. The van der Waals surface area contributed by atoms with Crippen LogP contribution in [0.5, 0.6) is 0 Å². The van der Waals surface area contributed by atoms with Gasteiger partial charge in [0.25, 0.3) is 11.8 Å². The third kappa shape index (κ3) is 4.53. The van der Waals surface area contributed by atoms with Crippen LogP contribution in [0.4, 0.5) is 5.69 Å². The van der Waals surface area contributed by atoms with Crippen molar-refractivity contribution in [1.82, 2.24) is 10.7 Å². The summed E-state index contributed by atoms with van der Waals surface area (Å²) in [6, 6.07) is 8.49. The van der Waals surface area contributed by atoms with Gasteiger partial charge in [0.1, 0.15) is 6.04 Å². The number of amidine groups is 1. The third-order valence-electron chi connectivity index (χ3n) is 3.30. The lowest BCUT2D eigenvalue weighted by atomic mass is 10.2. The van der Waals surface area contributed by atoms with E-state index in [-0.39, 0.29) is 17.6 Å². The molecule has 23 heavy (non-hydrogen) atoms. The molecule has 0 bridgehead atoms. The fourth-order valence-electron chi connectivity index (χ4n) is 2.11. The molecule has 1 aromatic rings. The van der Waals surface area contributed by atoms with Crippen molar-refractivity contribution in [3.8, 4) is 0 Å². The highest BCUT2D eigenvalue weighted by atomic mass is 16.5. The highest BCUT2D eigenvalue weighted by Gasteiger charge is 2.30. The van der Waals surface area contributed by atoms with Crippen molar-refractivity contribution in [3.63, 3.8) is 0 Å². The van der Waals surface area contributed by atoms with E-state index < -0.39 is 6.04 Å². The van der Waals surface area contributed by atoms with Gasteiger partial charge in [0.15, 0.2) is 0 Å². The SMILES string of the molecule is CCOCCCNC(=O)C1=NC(C)C(=O)N(c2ccccc2)N1. The van der Waals surface area contributed by atoms with Crippen LogP contribution in [0.25, 0.3) is 0 Å². The maximum atomic E-state index is 12.2. The molecule has 1 aliphatic rings. The fourth-order valence-corrected chi connectivity index (χ4v) is 2.11.